The second-order valence-electron chi connectivity index (χ2n) is 12.0. The summed E-state index contributed by atoms with van der Waals surface area (Å²) in [4.78, 5) is 5.07. The van der Waals surface area contributed by atoms with Crippen molar-refractivity contribution >= 4 is 22.8 Å². The van der Waals surface area contributed by atoms with Crippen molar-refractivity contribution in [2.45, 2.75) is 86.7 Å². The third-order valence-electron chi connectivity index (χ3n) is 7.99. The summed E-state index contributed by atoms with van der Waals surface area (Å²) in [7, 11) is 0. The van der Waals surface area contributed by atoms with Crippen molar-refractivity contribution in [2.24, 2.45) is 11.3 Å². The van der Waals surface area contributed by atoms with Crippen LogP contribution in [0.25, 0.3) is 28.5 Å². The molecular formula is C34H45N3. The highest BCUT2D eigenvalue weighted by molar-refractivity contribution is 5.83. The van der Waals surface area contributed by atoms with E-state index in [4.69, 9.17) is 4.98 Å². The molecule has 0 aliphatic carbocycles. The second kappa shape index (κ2) is 11.1. The van der Waals surface area contributed by atoms with E-state index in [1.165, 1.54) is 33.5 Å². The number of hydrogen-bond acceptors (Lipinski definition) is 2. The Balaban J connectivity index is 1.66. The molecule has 2 heterocycles. The van der Waals surface area contributed by atoms with Crippen LogP contribution >= 0.6 is 0 Å². The van der Waals surface area contributed by atoms with Gasteiger partial charge in [-0.15, -0.1) is 0 Å². The lowest BCUT2D eigenvalue weighted by Gasteiger charge is -2.28. The number of aromatic nitrogens is 2. The minimum Gasteiger partial charge on any atom is -0.377 e. The molecule has 2 unspecified atom stereocenters. The monoisotopic (exact) mass is 495 g/mol. The summed E-state index contributed by atoms with van der Waals surface area (Å²) in [5, 5.41) is 3.85. The van der Waals surface area contributed by atoms with Gasteiger partial charge in [0.25, 0.3) is 0 Å². The fourth-order valence-electron chi connectivity index (χ4n) is 5.02. The van der Waals surface area contributed by atoms with Crippen molar-refractivity contribution in [3.05, 3.63) is 77.4 Å². The molecule has 1 aromatic heterocycles. The minimum absolute atomic E-state index is 0.227. The van der Waals surface area contributed by atoms with Crippen LogP contribution in [0.15, 0.2) is 66.3 Å². The van der Waals surface area contributed by atoms with Gasteiger partial charge in [-0.3, -0.25) is 0 Å². The highest BCUT2D eigenvalue weighted by Crippen LogP contribution is 2.34. The molecule has 0 bridgehead atoms. The highest BCUT2D eigenvalue weighted by Gasteiger charge is 2.22. The van der Waals surface area contributed by atoms with Gasteiger partial charge < -0.3 is 9.88 Å². The molecule has 3 heteroatoms. The second-order valence-corrected chi connectivity index (χ2v) is 12.0. The Morgan fingerprint density at radius 2 is 2.00 bits per heavy atom. The molecule has 0 fully saturated rings. The van der Waals surface area contributed by atoms with Gasteiger partial charge >= 0.3 is 0 Å². The molecular weight excluding hydrogens is 450 g/mol. The van der Waals surface area contributed by atoms with E-state index in [9.17, 15) is 0 Å². The summed E-state index contributed by atoms with van der Waals surface area (Å²) in [6, 6.07) is 13.6. The predicted octanol–water partition coefficient (Wildman–Crippen LogP) is 9.58. The number of anilines is 1. The van der Waals surface area contributed by atoms with Crippen LogP contribution in [-0.4, -0.2) is 15.6 Å². The molecule has 0 radical (unpaired) electrons. The summed E-state index contributed by atoms with van der Waals surface area (Å²) >= 11 is 0. The number of allylic oxidation sites excluding steroid dienone is 1. The van der Waals surface area contributed by atoms with Crippen LogP contribution in [0.4, 0.5) is 5.69 Å². The Bertz CT molecular complexity index is 1330. The van der Waals surface area contributed by atoms with E-state index in [0.29, 0.717) is 11.3 Å². The number of nitrogens with one attached hydrogen (secondary N) is 1. The zero-order chi connectivity index (χ0) is 26.7. The molecule has 0 amide bonds. The minimum atomic E-state index is 0.227. The molecule has 3 aromatic rings. The van der Waals surface area contributed by atoms with Crippen LogP contribution in [0.5, 0.6) is 0 Å². The normalized spacial score (nSPS) is 16.8. The Morgan fingerprint density at radius 1 is 1.22 bits per heavy atom. The van der Waals surface area contributed by atoms with Gasteiger partial charge in [0.2, 0.25) is 0 Å². The summed E-state index contributed by atoms with van der Waals surface area (Å²) < 4.78 is 2.41. The summed E-state index contributed by atoms with van der Waals surface area (Å²) in [6.45, 7) is 21.2. The third kappa shape index (κ3) is 6.09. The fourth-order valence-corrected chi connectivity index (χ4v) is 5.02. The summed E-state index contributed by atoms with van der Waals surface area (Å²) in [6.07, 6.45) is 11.3. The third-order valence-corrected chi connectivity index (χ3v) is 7.99. The highest BCUT2D eigenvalue weighted by atomic mass is 15.1. The number of nitrogens with zero attached hydrogens (tertiary/aromatic N) is 2. The van der Waals surface area contributed by atoms with Gasteiger partial charge in [-0.05, 0) is 91.5 Å². The maximum atomic E-state index is 5.07. The smallest absolute Gasteiger partial charge is 0.141 e. The molecule has 1 N–H and O–H groups in total. The Hall–Kier alpha value is -3.07. The zero-order valence-electron chi connectivity index (χ0n) is 24.0. The van der Waals surface area contributed by atoms with E-state index in [2.05, 4.69) is 120 Å². The van der Waals surface area contributed by atoms with Crippen LogP contribution in [0, 0.1) is 18.3 Å². The lowest BCUT2D eigenvalue weighted by atomic mass is 9.79. The first kappa shape index (κ1) is 27.0. The van der Waals surface area contributed by atoms with Crippen LogP contribution in [-0.2, 0) is 6.54 Å². The van der Waals surface area contributed by atoms with Gasteiger partial charge in [0.15, 0.2) is 0 Å². The van der Waals surface area contributed by atoms with Gasteiger partial charge in [0.05, 0.1) is 17.1 Å². The van der Waals surface area contributed by atoms with E-state index >= 15 is 0 Å². The van der Waals surface area contributed by atoms with Gasteiger partial charge in [-0.25, -0.2) is 4.98 Å². The molecule has 2 atom stereocenters. The molecule has 1 aliphatic heterocycles. The van der Waals surface area contributed by atoms with Crippen molar-refractivity contribution in [1.82, 2.24) is 9.55 Å². The number of imidazole rings is 1. The molecule has 1 aliphatic rings. The van der Waals surface area contributed by atoms with E-state index < -0.39 is 0 Å². The summed E-state index contributed by atoms with van der Waals surface area (Å²) in [5.41, 5.74) is 9.90. The van der Waals surface area contributed by atoms with Crippen LogP contribution in [0.1, 0.15) is 78.4 Å². The number of aryl methyl sites for hydroxylation is 2. The predicted molar refractivity (Wildman–Crippen MR) is 162 cm³/mol. The standard InChI is InChI=1S/C34H45N3/c1-9-10-20-37-32-21-24(4)14-18-31(32)36-33(37)27-16-19-29-26(22-27)12-11-13-30(35-29)28(23(2)3)17-15-25(5)34(6,7)8/h11-12,14,16-19,21-22,25,30,35H,2,9-10,13,15,20H2,1,3-8H3. The molecule has 4 rings (SSSR count). The number of hydrogen-bond donors (Lipinski definition) is 1. The van der Waals surface area contributed by atoms with Crippen LogP contribution < -0.4 is 5.32 Å². The van der Waals surface area contributed by atoms with Gasteiger partial charge in [0, 0.05) is 17.8 Å². The molecule has 3 nitrogen and oxygen atoms in total. The molecule has 196 valence electrons. The number of unbranched alkanes of at least 4 members (excludes halogenated alkanes) is 1. The molecule has 0 spiro atoms. The van der Waals surface area contributed by atoms with E-state index in [1.807, 2.05) is 0 Å². The van der Waals surface area contributed by atoms with Crippen molar-refractivity contribution in [3.63, 3.8) is 0 Å². The molecule has 0 saturated carbocycles. The Kier molecular flexibility index (Phi) is 8.11. The average molecular weight is 496 g/mol. The number of fused-ring (bicyclic) bond motifs is 2. The average Bonchev–Trinajstić information content (AvgIpc) is 3.05. The van der Waals surface area contributed by atoms with Crippen LogP contribution in [0.3, 0.4) is 0 Å². The number of rotatable bonds is 8. The largest absolute Gasteiger partial charge is 0.377 e. The topological polar surface area (TPSA) is 29.9 Å². The maximum Gasteiger partial charge on any atom is 0.141 e. The molecule has 2 aromatic carbocycles. The van der Waals surface area contributed by atoms with E-state index in [0.717, 1.165) is 49.1 Å². The summed E-state index contributed by atoms with van der Waals surface area (Å²) in [5.74, 6) is 1.67. The fraction of sp³-hybridized carbons (Fsp3) is 0.441. The lowest BCUT2D eigenvalue weighted by molar-refractivity contribution is 0.263. The molecule has 0 saturated heterocycles. The Labute approximate surface area is 224 Å². The first-order chi connectivity index (χ1) is 17.6. The van der Waals surface area contributed by atoms with Crippen molar-refractivity contribution in [3.8, 4) is 11.4 Å². The van der Waals surface area contributed by atoms with Crippen molar-refractivity contribution < 1.29 is 0 Å². The zero-order valence-corrected chi connectivity index (χ0v) is 24.0. The van der Waals surface area contributed by atoms with Crippen molar-refractivity contribution in [2.75, 3.05) is 5.32 Å². The van der Waals surface area contributed by atoms with Gasteiger partial charge in [-0.2, -0.15) is 0 Å². The quantitative estimate of drug-likeness (QED) is 0.315. The SMILES string of the molecule is C=C(C)C(=CCC(C)C(C)(C)C)C1CC=Cc2cc(-c3nc4ccc(C)cc4n3CCCC)ccc2N1. The lowest BCUT2D eigenvalue weighted by Crippen LogP contribution is -2.23. The van der Waals surface area contributed by atoms with Gasteiger partial charge in [-0.1, -0.05) is 77.5 Å². The first-order valence-electron chi connectivity index (χ1n) is 14.0. The first-order valence-corrected chi connectivity index (χ1v) is 14.0. The van der Waals surface area contributed by atoms with Crippen LogP contribution in [0.2, 0.25) is 0 Å². The van der Waals surface area contributed by atoms with E-state index in [-0.39, 0.29) is 6.04 Å². The van der Waals surface area contributed by atoms with Gasteiger partial charge in [0.1, 0.15) is 5.82 Å². The maximum absolute atomic E-state index is 5.07. The van der Waals surface area contributed by atoms with E-state index in [1.54, 1.807) is 0 Å². The Morgan fingerprint density at radius 3 is 2.70 bits per heavy atom. The molecule has 37 heavy (non-hydrogen) atoms. The van der Waals surface area contributed by atoms with Crippen molar-refractivity contribution in [1.29, 1.82) is 0 Å². The number of benzene rings is 2.